The fraction of sp³-hybridized carbons (Fsp3) is 0. The molecule has 15 heavy (non-hydrogen) atoms. The molecular weight excluding hydrogens is 327 g/mol. The summed E-state index contributed by atoms with van der Waals surface area (Å²) < 4.78 is 33.9. The highest BCUT2D eigenvalue weighted by atomic mass is 127. The van der Waals surface area contributed by atoms with Crippen molar-refractivity contribution >= 4 is 43.5 Å². The first-order chi connectivity index (χ1) is 7.00. The van der Waals surface area contributed by atoms with E-state index in [-0.39, 0.29) is 4.90 Å². The molecule has 0 unspecified atom stereocenters. The van der Waals surface area contributed by atoms with Gasteiger partial charge in [-0.05, 0) is 40.1 Å². The Labute approximate surface area is 101 Å². The molecule has 0 saturated heterocycles. The predicted molar refractivity (Wildman–Crippen MR) is 64.6 cm³/mol. The van der Waals surface area contributed by atoms with Crippen molar-refractivity contribution < 1.29 is 13.0 Å². The average Bonchev–Trinajstić information content (AvgIpc) is 2.16. The lowest BCUT2D eigenvalue weighted by Gasteiger charge is -2.11. The predicted octanol–water partition coefficient (Wildman–Crippen LogP) is 2.35. The van der Waals surface area contributed by atoms with Crippen LogP contribution < -0.4 is 0 Å². The summed E-state index contributed by atoms with van der Waals surface area (Å²) in [4.78, 5) is -0.148. The highest BCUT2D eigenvalue weighted by Gasteiger charge is 2.09. The summed E-state index contributed by atoms with van der Waals surface area (Å²) in [5.74, 6) is 0. The minimum absolute atomic E-state index is 0.148. The van der Waals surface area contributed by atoms with Crippen LogP contribution in [0.15, 0.2) is 41.3 Å². The van der Waals surface area contributed by atoms with Gasteiger partial charge < -0.3 is 4.55 Å². The van der Waals surface area contributed by atoms with Crippen LogP contribution in [0.3, 0.4) is 0 Å². The molecule has 2 aromatic carbocycles. The molecule has 0 saturated carbocycles. The number of halogens is 1. The van der Waals surface area contributed by atoms with Gasteiger partial charge in [-0.1, -0.05) is 24.3 Å². The smallest absolute Gasteiger partial charge is 0.125 e. The van der Waals surface area contributed by atoms with Crippen molar-refractivity contribution in [3.8, 4) is 0 Å². The van der Waals surface area contributed by atoms with Crippen LogP contribution in [-0.2, 0) is 10.1 Å². The number of benzene rings is 2. The standard InChI is InChI=1S/C10H7IO3S/c11-8-5-1-3-7-4-2-6-9(10(7)8)15(12,13)14/h1-6H,(H,12,13,14)/p-1. The zero-order chi connectivity index (χ0) is 11.1. The molecule has 0 aromatic heterocycles. The normalized spacial score (nSPS) is 11.9. The summed E-state index contributed by atoms with van der Waals surface area (Å²) in [5.41, 5.74) is 0. The second-order valence-corrected chi connectivity index (χ2v) is 5.56. The van der Waals surface area contributed by atoms with Crippen LogP contribution in [0.4, 0.5) is 0 Å². The lowest BCUT2D eigenvalue weighted by atomic mass is 10.1. The molecule has 3 nitrogen and oxygen atoms in total. The Balaban J connectivity index is 2.99. The molecule has 5 heteroatoms. The summed E-state index contributed by atoms with van der Waals surface area (Å²) in [7, 11) is -4.41. The van der Waals surface area contributed by atoms with Crippen LogP contribution in [0.25, 0.3) is 10.8 Å². The highest BCUT2D eigenvalue weighted by Crippen LogP contribution is 2.27. The second-order valence-electron chi connectivity index (χ2n) is 3.05. The molecule has 2 rings (SSSR count). The Morgan fingerprint density at radius 3 is 2.27 bits per heavy atom. The van der Waals surface area contributed by atoms with E-state index in [1.807, 2.05) is 28.7 Å². The van der Waals surface area contributed by atoms with Gasteiger partial charge in [-0.15, -0.1) is 0 Å². The van der Waals surface area contributed by atoms with Crippen molar-refractivity contribution in [2.45, 2.75) is 4.90 Å². The Bertz CT molecular complexity index is 614. The maximum atomic E-state index is 11.0. The van der Waals surface area contributed by atoms with E-state index < -0.39 is 10.1 Å². The maximum Gasteiger partial charge on any atom is 0.125 e. The van der Waals surface area contributed by atoms with Crippen molar-refractivity contribution in [3.63, 3.8) is 0 Å². The summed E-state index contributed by atoms with van der Waals surface area (Å²) in [6.45, 7) is 0. The second kappa shape index (κ2) is 3.73. The van der Waals surface area contributed by atoms with Gasteiger partial charge in [0.1, 0.15) is 10.1 Å². The lowest BCUT2D eigenvalue weighted by Crippen LogP contribution is -2.00. The molecule has 2 aromatic rings. The maximum absolute atomic E-state index is 11.0. The van der Waals surface area contributed by atoms with Crippen LogP contribution in [-0.4, -0.2) is 13.0 Å². The number of fused-ring (bicyclic) bond motifs is 1. The van der Waals surface area contributed by atoms with Gasteiger partial charge >= 0.3 is 0 Å². The van der Waals surface area contributed by atoms with Crippen LogP contribution in [0, 0.1) is 3.57 Å². The van der Waals surface area contributed by atoms with E-state index in [4.69, 9.17) is 0 Å². The molecule has 78 valence electrons. The van der Waals surface area contributed by atoms with Crippen molar-refractivity contribution in [2.75, 3.05) is 0 Å². The van der Waals surface area contributed by atoms with Crippen LogP contribution in [0.1, 0.15) is 0 Å². The summed E-state index contributed by atoms with van der Waals surface area (Å²) in [5, 5.41) is 1.27. The van der Waals surface area contributed by atoms with Gasteiger partial charge in [0.25, 0.3) is 0 Å². The van der Waals surface area contributed by atoms with Crippen LogP contribution in [0.5, 0.6) is 0 Å². The molecule has 0 spiro atoms. The van der Waals surface area contributed by atoms with Crippen molar-refractivity contribution in [1.82, 2.24) is 0 Å². The summed E-state index contributed by atoms with van der Waals surface area (Å²) in [6, 6.07) is 10.1. The van der Waals surface area contributed by atoms with Crippen molar-refractivity contribution in [3.05, 3.63) is 40.0 Å². The minimum atomic E-state index is -4.41. The van der Waals surface area contributed by atoms with Crippen LogP contribution >= 0.6 is 22.6 Å². The molecule has 0 radical (unpaired) electrons. The lowest BCUT2D eigenvalue weighted by molar-refractivity contribution is 0.464. The molecule has 0 amide bonds. The Hall–Kier alpha value is -0.660. The van der Waals surface area contributed by atoms with Crippen LogP contribution in [0.2, 0.25) is 0 Å². The van der Waals surface area contributed by atoms with Gasteiger partial charge in [0, 0.05) is 8.96 Å². The molecule has 0 atom stereocenters. The third kappa shape index (κ3) is 1.99. The van der Waals surface area contributed by atoms with E-state index in [9.17, 15) is 13.0 Å². The number of hydrogen-bond acceptors (Lipinski definition) is 3. The molecule has 0 aliphatic carbocycles. The van der Waals surface area contributed by atoms with Crippen molar-refractivity contribution in [2.24, 2.45) is 0 Å². The molecule has 0 fully saturated rings. The topological polar surface area (TPSA) is 57.2 Å². The fourth-order valence-electron chi connectivity index (χ4n) is 1.47. The zero-order valence-corrected chi connectivity index (χ0v) is 10.4. The van der Waals surface area contributed by atoms with Crippen molar-refractivity contribution in [1.29, 1.82) is 0 Å². The van der Waals surface area contributed by atoms with Gasteiger partial charge in [-0.2, -0.15) is 0 Å². The third-order valence-electron chi connectivity index (χ3n) is 2.08. The van der Waals surface area contributed by atoms with E-state index in [1.54, 1.807) is 24.3 Å². The largest absolute Gasteiger partial charge is 0.744 e. The molecule has 0 heterocycles. The Kier molecular flexibility index (Phi) is 2.70. The minimum Gasteiger partial charge on any atom is -0.744 e. The number of rotatable bonds is 1. The first-order valence-electron chi connectivity index (χ1n) is 4.13. The van der Waals surface area contributed by atoms with E-state index in [0.717, 1.165) is 8.96 Å². The molecular formula is C10H6IO3S-. The summed E-state index contributed by atoms with van der Waals surface area (Å²) in [6.07, 6.45) is 0. The highest BCUT2D eigenvalue weighted by molar-refractivity contribution is 14.1. The fourth-order valence-corrected chi connectivity index (χ4v) is 3.19. The van der Waals surface area contributed by atoms with E-state index in [0.29, 0.717) is 5.39 Å². The zero-order valence-electron chi connectivity index (χ0n) is 7.48. The SMILES string of the molecule is O=S(=O)([O-])c1cccc2cccc(I)c12. The van der Waals surface area contributed by atoms with Gasteiger partial charge in [-0.25, -0.2) is 8.42 Å². The Morgan fingerprint density at radius 2 is 1.67 bits per heavy atom. The first-order valence-corrected chi connectivity index (χ1v) is 6.62. The van der Waals surface area contributed by atoms with Gasteiger partial charge in [0.2, 0.25) is 0 Å². The van der Waals surface area contributed by atoms with E-state index in [2.05, 4.69) is 0 Å². The van der Waals surface area contributed by atoms with Gasteiger partial charge in [-0.3, -0.25) is 0 Å². The number of hydrogen-bond donors (Lipinski definition) is 0. The third-order valence-corrected chi connectivity index (χ3v) is 3.86. The first kappa shape index (κ1) is 10.8. The van der Waals surface area contributed by atoms with E-state index in [1.165, 1.54) is 6.07 Å². The molecule has 0 N–H and O–H groups in total. The quantitative estimate of drug-likeness (QED) is 0.595. The average molecular weight is 333 g/mol. The van der Waals surface area contributed by atoms with Gasteiger partial charge in [0.15, 0.2) is 0 Å². The Morgan fingerprint density at radius 1 is 1.07 bits per heavy atom. The summed E-state index contributed by atoms with van der Waals surface area (Å²) >= 11 is 2.02. The molecule has 0 aliphatic rings. The van der Waals surface area contributed by atoms with E-state index >= 15 is 0 Å². The molecule has 0 aliphatic heterocycles. The van der Waals surface area contributed by atoms with Gasteiger partial charge in [0.05, 0.1) is 4.90 Å². The molecule has 0 bridgehead atoms. The monoisotopic (exact) mass is 333 g/mol.